The number of hydrogen-bond acceptors (Lipinski definition) is 8. The lowest BCUT2D eigenvalue weighted by molar-refractivity contribution is -0.139. The highest BCUT2D eigenvalue weighted by atomic mass is 16.4. The Balaban J connectivity index is 5.28. The first-order valence-corrected chi connectivity index (χ1v) is 9.97. The minimum atomic E-state index is -1.36. The molecule has 0 aromatic rings. The fourth-order valence-corrected chi connectivity index (χ4v) is 2.55. The number of amides is 3. The summed E-state index contributed by atoms with van der Waals surface area (Å²) in [5, 5.41) is 33.1. The Morgan fingerprint density at radius 2 is 1.22 bits per heavy atom. The van der Waals surface area contributed by atoms with Crippen LogP contribution >= 0.6 is 0 Å². The van der Waals surface area contributed by atoms with Crippen molar-refractivity contribution in [1.29, 1.82) is 0 Å². The Hall–Kier alpha value is -3.26. The van der Waals surface area contributed by atoms with Crippen LogP contribution in [0.15, 0.2) is 0 Å². The van der Waals surface area contributed by atoms with Crippen molar-refractivity contribution < 1.29 is 44.1 Å². The summed E-state index contributed by atoms with van der Waals surface area (Å²) in [5.74, 6) is -6.17. The van der Waals surface area contributed by atoms with E-state index in [1.165, 1.54) is 0 Å². The Morgan fingerprint density at radius 3 is 1.75 bits per heavy atom. The van der Waals surface area contributed by atoms with Crippen LogP contribution in [0.4, 0.5) is 0 Å². The summed E-state index contributed by atoms with van der Waals surface area (Å²) in [4.78, 5) is 69.4. The van der Waals surface area contributed by atoms with Gasteiger partial charge in [-0.3, -0.25) is 28.8 Å². The van der Waals surface area contributed by atoms with Crippen LogP contribution in [0.5, 0.6) is 0 Å². The first-order valence-electron chi connectivity index (χ1n) is 9.97. The number of carboxylic acid groups (broad SMARTS) is 3. The van der Waals surface area contributed by atoms with Gasteiger partial charge >= 0.3 is 17.9 Å². The molecular formula is C18H31N5O9. The minimum absolute atomic E-state index is 0.131. The third kappa shape index (κ3) is 13.1. The first kappa shape index (κ1) is 28.7. The zero-order chi connectivity index (χ0) is 24.7. The lowest BCUT2D eigenvalue weighted by Gasteiger charge is -2.24. The van der Waals surface area contributed by atoms with Crippen molar-refractivity contribution >= 4 is 35.6 Å². The van der Waals surface area contributed by atoms with Crippen molar-refractivity contribution in [2.45, 2.75) is 63.1 Å². The second-order valence-corrected chi connectivity index (χ2v) is 6.99. The topological polar surface area (TPSA) is 251 Å². The van der Waals surface area contributed by atoms with E-state index in [1.54, 1.807) is 0 Å². The van der Waals surface area contributed by atoms with Gasteiger partial charge in [-0.15, -0.1) is 0 Å². The summed E-state index contributed by atoms with van der Waals surface area (Å²) >= 11 is 0. The maximum atomic E-state index is 12.7. The SMILES string of the molecule is NCCCC[C@H](NC(=O)[C@H](CCC(=O)O)NC(=O)[C@@H](N)CCC(=O)O)C(=O)NCC(=O)O. The second kappa shape index (κ2) is 15.5. The Morgan fingerprint density at radius 1 is 0.688 bits per heavy atom. The molecular weight excluding hydrogens is 430 g/mol. The fraction of sp³-hybridized carbons (Fsp3) is 0.667. The van der Waals surface area contributed by atoms with Crippen molar-refractivity contribution in [3.05, 3.63) is 0 Å². The van der Waals surface area contributed by atoms with E-state index in [-0.39, 0.29) is 25.7 Å². The Labute approximate surface area is 184 Å². The molecule has 0 heterocycles. The molecule has 14 nitrogen and oxygen atoms in total. The molecule has 10 N–H and O–H groups in total. The van der Waals surface area contributed by atoms with E-state index in [0.29, 0.717) is 19.4 Å². The maximum Gasteiger partial charge on any atom is 0.322 e. The van der Waals surface area contributed by atoms with Gasteiger partial charge in [0.05, 0.1) is 6.04 Å². The number of aliphatic carboxylic acids is 3. The molecule has 0 aromatic carbocycles. The number of unbranched alkanes of at least 4 members (excludes halogenated alkanes) is 1. The van der Waals surface area contributed by atoms with Gasteiger partial charge < -0.3 is 42.7 Å². The largest absolute Gasteiger partial charge is 0.481 e. The molecule has 0 fully saturated rings. The van der Waals surface area contributed by atoms with Crippen LogP contribution in [0, 0.1) is 0 Å². The van der Waals surface area contributed by atoms with Crippen LogP contribution in [0.25, 0.3) is 0 Å². The van der Waals surface area contributed by atoms with E-state index in [2.05, 4.69) is 16.0 Å². The third-order valence-electron chi connectivity index (χ3n) is 4.28. The van der Waals surface area contributed by atoms with Crippen molar-refractivity contribution in [1.82, 2.24) is 16.0 Å². The summed E-state index contributed by atoms with van der Waals surface area (Å²) in [6, 6.07) is -3.75. The minimum Gasteiger partial charge on any atom is -0.481 e. The zero-order valence-corrected chi connectivity index (χ0v) is 17.5. The molecule has 0 aliphatic rings. The van der Waals surface area contributed by atoms with E-state index in [4.69, 9.17) is 26.8 Å². The van der Waals surface area contributed by atoms with Gasteiger partial charge in [0.2, 0.25) is 17.7 Å². The van der Waals surface area contributed by atoms with Crippen LogP contribution in [-0.4, -0.2) is 82.2 Å². The Kier molecular flexibility index (Phi) is 13.9. The molecule has 3 atom stereocenters. The summed E-state index contributed by atoms with van der Waals surface area (Å²) < 4.78 is 0. The monoisotopic (exact) mass is 461 g/mol. The predicted octanol–water partition coefficient (Wildman–Crippen LogP) is -2.66. The van der Waals surface area contributed by atoms with E-state index < -0.39 is 66.7 Å². The zero-order valence-electron chi connectivity index (χ0n) is 17.5. The van der Waals surface area contributed by atoms with E-state index in [1.807, 2.05) is 0 Å². The maximum absolute atomic E-state index is 12.7. The highest BCUT2D eigenvalue weighted by Crippen LogP contribution is 2.05. The highest BCUT2D eigenvalue weighted by molar-refractivity contribution is 5.94. The molecule has 0 saturated heterocycles. The molecule has 0 bridgehead atoms. The summed E-state index contributed by atoms with van der Waals surface area (Å²) in [7, 11) is 0. The average Bonchev–Trinajstić information content (AvgIpc) is 2.71. The lowest BCUT2D eigenvalue weighted by atomic mass is 10.1. The molecule has 0 aromatic heterocycles. The average molecular weight is 461 g/mol. The molecule has 14 heteroatoms. The molecule has 3 amide bonds. The molecule has 0 radical (unpaired) electrons. The summed E-state index contributed by atoms with van der Waals surface area (Å²) in [5.41, 5.74) is 11.0. The number of nitrogens with one attached hydrogen (secondary N) is 3. The van der Waals surface area contributed by atoms with Crippen molar-refractivity contribution in [3.63, 3.8) is 0 Å². The Bertz CT molecular complexity index is 686. The number of rotatable bonds is 17. The summed E-state index contributed by atoms with van der Waals surface area (Å²) in [6.07, 6.45) is -0.269. The smallest absolute Gasteiger partial charge is 0.322 e. The predicted molar refractivity (Wildman–Crippen MR) is 109 cm³/mol. The summed E-state index contributed by atoms with van der Waals surface area (Å²) in [6.45, 7) is -0.331. The van der Waals surface area contributed by atoms with Crippen molar-refractivity contribution in [2.75, 3.05) is 13.1 Å². The van der Waals surface area contributed by atoms with Crippen LogP contribution in [-0.2, 0) is 28.8 Å². The molecule has 182 valence electrons. The fourth-order valence-electron chi connectivity index (χ4n) is 2.55. The highest BCUT2D eigenvalue weighted by Gasteiger charge is 2.28. The molecule has 0 aliphatic heterocycles. The quantitative estimate of drug-likeness (QED) is 0.104. The number of carbonyl (C=O) groups excluding carboxylic acids is 3. The van der Waals surface area contributed by atoms with Crippen LogP contribution < -0.4 is 27.4 Å². The molecule has 0 unspecified atom stereocenters. The van der Waals surface area contributed by atoms with E-state index in [9.17, 15) is 28.8 Å². The van der Waals surface area contributed by atoms with Gasteiger partial charge in [0.1, 0.15) is 18.6 Å². The number of hydrogen-bond donors (Lipinski definition) is 8. The molecule has 0 aliphatic carbocycles. The van der Waals surface area contributed by atoms with Crippen molar-refractivity contribution in [2.24, 2.45) is 11.5 Å². The number of nitrogens with two attached hydrogens (primary N) is 2. The van der Waals surface area contributed by atoms with Crippen LogP contribution in [0.1, 0.15) is 44.9 Å². The molecule has 0 spiro atoms. The molecule has 32 heavy (non-hydrogen) atoms. The normalized spacial score (nSPS) is 13.3. The first-order chi connectivity index (χ1) is 15.0. The van der Waals surface area contributed by atoms with Gasteiger partial charge in [0.25, 0.3) is 0 Å². The number of carboxylic acids is 3. The second-order valence-electron chi connectivity index (χ2n) is 6.99. The third-order valence-corrected chi connectivity index (χ3v) is 4.28. The molecule has 0 saturated carbocycles. The van der Waals surface area contributed by atoms with E-state index in [0.717, 1.165) is 0 Å². The van der Waals surface area contributed by atoms with Gasteiger partial charge in [0, 0.05) is 12.8 Å². The van der Waals surface area contributed by atoms with Gasteiger partial charge in [-0.05, 0) is 38.6 Å². The van der Waals surface area contributed by atoms with Crippen molar-refractivity contribution in [3.8, 4) is 0 Å². The van der Waals surface area contributed by atoms with E-state index >= 15 is 0 Å². The lowest BCUT2D eigenvalue weighted by Crippen LogP contribution is -2.56. The van der Waals surface area contributed by atoms with Gasteiger partial charge in [-0.2, -0.15) is 0 Å². The van der Waals surface area contributed by atoms with Crippen LogP contribution in [0.3, 0.4) is 0 Å². The standard InChI is InChI=1S/C18H31N5O9/c19-8-2-1-3-11(17(31)21-9-15(28)29)23-18(32)12(5-7-14(26)27)22-16(30)10(20)4-6-13(24)25/h10-12H,1-9,19-20H2,(H,21,31)(H,22,30)(H,23,32)(H,24,25)(H,26,27)(H,28,29)/t10-,11-,12-/m0/s1. The van der Waals surface area contributed by atoms with Gasteiger partial charge in [-0.25, -0.2) is 0 Å². The molecule has 0 rings (SSSR count). The van der Waals surface area contributed by atoms with Gasteiger partial charge in [-0.1, -0.05) is 0 Å². The van der Waals surface area contributed by atoms with Crippen LogP contribution in [0.2, 0.25) is 0 Å². The van der Waals surface area contributed by atoms with Gasteiger partial charge in [0.15, 0.2) is 0 Å². The number of carbonyl (C=O) groups is 6.